The molecule has 30 heavy (non-hydrogen) atoms. The number of aliphatic imine (C=N–C) groups is 1. The molecule has 0 amide bonds. The molecule has 0 saturated heterocycles. The molecule has 1 aliphatic rings. The summed E-state index contributed by atoms with van der Waals surface area (Å²) in [6.07, 6.45) is 3.22. The maximum Gasteiger partial charge on any atom is 0.117 e. The van der Waals surface area contributed by atoms with Crippen molar-refractivity contribution in [1.29, 1.82) is 5.41 Å². The largest absolute Gasteiger partial charge is 0.508 e. The van der Waals surface area contributed by atoms with E-state index < -0.39 is 0 Å². The Bertz CT molecular complexity index is 990. The number of anilines is 2. The van der Waals surface area contributed by atoms with Gasteiger partial charge in [0.15, 0.2) is 0 Å². The van der Waals surface area contributed by atoms with Gasteiger partial charge in [-0.15, -0.1) is 0 Å². The van der Waals surface area contributed by atoms with Crippen LogP contribution in [0.5, 0.6) is 5.75 Å². The van der Waals surface area contributed by atoms with Crippen LogP contribution >= 0.6 is 0 Å². The number of rotatable bonds is 8. The van der Waals surface area contributed by atoms with Crippen molar-refractivity contribution in [3.8, 4) is 5.75 Å². The van der Waals surface area contributed by atoms with E-state index in [1.807, 2.05) is 29.2 Å². The van der Waals surface area contributed by atoms with Gasteiger partial charge in [0.05, 0.1) is 41.7 Å². The van der Waals surface area contributed by atoms with Gasteiger partial charge >= 0.3 is 0 Å². The minimum Gasteiger partial charge on any atom is -0.508 e. The number of nitrogens with one attached hydrogen (secondary N) is 2. The molecule has 0 saturated carbocycles. The second-order valence-electron chi connectivity index (χ2n) is 6.69. The second kappa shape index (κ2) is 9.73. The zero-order valence-electron chi connectivity index (χ0n) is 16.4. The van der Waals surface area contributed by atoms with Crippen molar-refractivity contribution in [3.05, 3.63) is 72.1 Å². The van der Waals surface area contributed by atoms with Crippen molar-refractivity contribution in [2.75, 3.05) is 36.5 Å². The molecular formula is C22H25N5O3. The average Bonchev–Trinajstić information content (AvgIpc) is 2.72. The summed E-state index contributed by atoms with van der Waals surface area (Å²) in [6, 6.07) is 14.0. The highest BCUT2D eigenvalue weighted by Crippen LogP contribution is 2.23. The van der Waals surface area contributed by atoms with Crippen LogP contribution in [0.1, 0.15) is 0 Å². The van der Waals surface area contributed by atoms with Crippen molar-refractivity contribution in [1.82, 2.24) is 0 Å². The molecule has 3 rings (SSSR count). The molecule has 8 heteroatoms. The smallest absolute Gasteiger partial charge is 0.117 e. The van der Waals surface area contributed by atoms with Crippen LogP contribution in [0.3, 0.4) is 0 Å². The van der Waals surface area contributed by atoms with Crippen LogP contribution in [0.4, 0.5) is 17.1 Å². The van der Waals surface area contributed by atoms with Gasteiger partial charge in [0.25, 0.3) is 0 Å². The number of nitrogens with two attached hydrogens (primary N) is 1. The molecule has 2 aromatic carbocycles. The van der Waals surface area contributed by atoms with Crippen molar-refractivity contribution in [3.63, 3.8) is 0 Å². The lowest BCUT2D eigenvalue weighted by atomic mass is 10.0. The van der Waals surface area contributed by atoms with E-state index in [1.165, 1.54) is 6.08 Å². The molecule has 156 valence electrons. The van der Waals surface area contributed by atoms with Gasteiger partial charge in [-0.1, -0.05) is 6.07 Å². The fourth-order valence-corrected chi connectivity index (χ4v) is 3.03. The molecule has 2 aromatic rings. The van der Waals surface area contributed by atoms with Crippen molar-refractivity contribution in [2.24, 2.45) is 10.7 Å². The zero-order chi connectivity index (χ0) is 21.5. The average molecular weight is 407 g/mol. The van der Waals surface area contributed by atoms with Crippen LogP contribution in [0.25, 0.3) is 0 Å². The van der Waals surface area contributed by atoms with E-state index in [4.69, 9.17) is 11.1 Å². The molecule has 0 aromatic heterocycles. The first-order valence-corrected chi connectivity index (χ1v) is 9.50. The van der Waals surface area contributed by atoms with E-state index in [9.17, 15) is 15.3 Å². The standard InChI is InChI=1S/C22H25N5O3/c23-19-13-20(24)22(26-16-2-1-3-18(30)12-16)14-21(19)25-15-4-6-17(7-5-15)27(8-10-28)9-11-29/h1-7,12-14,23,26,28-30H,8-11,24H2. The number of benzene rings is 2. The molecule has 1 aliphatic carbocycles. The first kappa shape index (κ1) is 21.1. The van der Waals surface area contributed by atoms with Crippen LogP contribution in [0.15, 0.2) is 77.1 Å². The van der Waals surface area contributed by atoms with E-state index in [0.717, 1.165) is 5.69 Å². The third kappa shape index (κ3) is 5.25. The van der Waals surface area contributed by atoms with Crippen molar-refractivity contribution in [2.45, 2.75) is 0 Å². The fourth-order valence-electron chi connectivity index (χ4n) is 3.03. The Labute approximate surface area is 174 Å². The van der Waals surface area contributed by atoms with Crippen LogP contribution in [-0.4, -0.2) is 53.0 Å². The van der Waals surface area contributed by atoms with Crippen LogP contribution in [0, 0.1) is 5.41 Å². The van der Waals surface area contributed by atoms with E-state index >= 15 is 0 Å². The molecule has 8 nitrogen and oxygen atoms in total. The molecule has 0 aliphatic heterocycles. The molecule has 0 bridgehead atoms. The van der Waals surface area contributed by atoms with Gasteiger partial charge in [-0.3, -0.25) is 5.41 Å². The second-order valence-corrected chi connectivity index (χ2v) is 6.69. The lowest BCUT2D eigenvalue weighted by Gasteiger charge is -2.23. The van der Waals surface area contributed by atoms with Crippen LogP contribution in [-0.2, 0) is 0 Å². The Morgan fingerprint density at radius 3 is 2.33 bits per heavy atom. The van der Waals surface area contributed by atoms with Crippen LogP contribution in [0.2, 0.25) is 0 Å². The van der Waals surface area contributed by atoms with Gasteiger partial charge in [0.2, 0.25) is 0 Å². The Kier molecular flexibility index (Phi) is 6.84. The van der Waals surface area contributed by atoms with Crippen molar-refractivity contribution >= 4 is 28.5 Å². The number of aliphatic hydroxyl groups is 2. The summed E-state index contributed by atoms with van der Waals surface area (Å²) in [5.74, 6) is 0.136. The molecule has 0 atom stereocenters. The summed E-state index contributed by atoms with van der Waals surface area (Å²) in [5.41, 5.74) is 9.88. The van der Waals surface area contributed by atoms with Gasteiger partial charge < -0.3 is 31.3 Å². The first-order valence-electron chi connectivity index (χ1n) is 9.50. The highest BCUT2D eigenvalue weighted by atomic mass is 16.3. The van der Waals surface area contributed by atoms with Gasteiger partial charge in [-0.2, -0.15) is 0 Å². The molecule has 0 spiro atoms. The molecule has 0 radical (unpaired) electrons. The normalized spacial score (nSPS) is 15.0. The van der Waals surface area contributed by atoms with Gasteiger partial charge in [0.1, 0.15) is 5.75 Å². The number of phenolic OH excluding ortho intramolecular Hbond substituents is 1. The topological polar surface area (TPSA) is 138 Å². The van der Waals surface area contributed by atoms with E-state index in [1.54, 1.807) is 30.3 Å². The summed E-state index contributed by atoms with van der Waals surface area (Å²) >= 11 is 0. The lowest BCUT2D eigenvalue weighted by molar-refractivity contribution is 0.281. The predicted molar refractivity (Wildman–Crippen MR) is 120 cm³/mol. The zero-order valence-corrected chi connectivity index (χ0v) is 16.4. The quantitative estimate of drug-likeness (QED) is 0.371. The summed E-state index contributed by atoms with van der Waals surface area (Å²) in [7, 11) is 0. The summed E-state index contributed by atoms with van der Waals surface area (Å²) in [4.78, 5) is 6.42. The third-order valence-corrected chi connectivity index (χ3v) is 4.50. The molecule has 0 fully saturated rings. The first-order chi connectivity index (χ1) is 14.5. The van der Waals surface area contributed by atoms with Gasteiger partial charge in [-0.25, -0.2) is 4.99 Å². The minimum atomic E-state index is -0.00523. The monoisotopic (exact) mass is 407 g/mol. The minimum absolute atomic E-state index is 0.00523. The molecule has 7 N–H and O–H groups in total. The fraction of sp³-hybridized carbons (Fsp3) is 0.182. The van der Waals surface area contributed by atoms with E-state index in [0.29, 0.717) is 41.6 Å². The van der Waals surface area contributed by atoms with Crippen molar-refractivity contribution < 1.29 is 15.3 Å². The molecular weight excluding hydrogens is 382 g/mol. The number of phenols is 1. The van der Waals surface area contributed by atoms with E-state index in [2.05, 4.69) is 10.3 Å². The summed E-state index contributed by atoms with van der Waals surface area (Å²) < 4.78 is 0. The SMILES string of the molecule is N=C1C=C(N)C(Nc2cccc(O)c2)=CC1=Nc1ccc(N(CCO)CCO)cc1. The maximum atomic E-state index is 9.63. The number of aliphatic hydroxyl groups excluding tert-OH is 2. The molecule has 0 unspecified atom stereocenters. The molecule has 0 heterocycles. The summed E-state index contributed by atoms with van der Waals surface area (Å²) in [5, 5.41) is 39.3. The lowest BCUT2D eigenvalue weighted by Crippen LogP contribution is -2.29. The van der Waals surface area contributed by atoms with Crippen LogP contribution < -0.4 is 16.0 Å². The third-order valence-electron chi connectivity index (χ3n) is 4.50. The Hall–Kier alpha value is -3.62. The number of aromatic hydroxyl groups is 1. The Balaban J connectivity index is 1.82. The number of nitrogens with zero attached hydrogens (tertiary/aromatic N) is 2. The van der Waals surface area contributed by atoms with E-state index in [-0.39, 0.29) is 24.7 Å². The summed E-state index contributed by atoms with van der Waals surface area (Å²) in [6.45, 7) is 0.843. The van der Waals surface area contributed by atoms with Gasteiger partial charge in [0, 0.05) is 30.5 Å². The Morgan fingerprint density at radius 2 is 1.70 bits per heavy atom. The number of hydrogen-bond acceptors (Lipinski definition) is 8. The Morgan fingerprint density at radius 1 is 1.00 bits per heavy atom. The maximum absolute atomic E-state index is 9.63. The highest BCUT2D eigenvalue weighted by molar-refractivity contribution is 6.50. The highest BCUT2D eigenvalue weighted by Gasteiger charge is 2.15. The predicted octanol–water partition coefficient (Wildman–Crippen LogP) is 2.13. The number of hydrogen-bond donors (Lipinski definition) is 6. The number of allylic oxidation sites excluding steroid dienone is 2. The van der Waals surface area contributed by atoms with Gasteiger partial charge in [-0.05, 0) is 48.6 Å².